The molecule has 0 bridgehead atoms. The van der Waals surface area contributed by atoms with Gasteiger partial charge in [-0.2, -0.15) is 0 Å². The second-order valence-electron chi connectivity index (χ2n) is 4.73. The normalized spacial score (nSPS) is 14.4. The van der Waals surface area contributed by atoms with Crippen LogP contribution >= 0.6 is 0 Å². The van der Waals surface area contributed by atoms with Crippen LogP contribution in [-0.2, 0) is 14.8 Å². The van der Waals surface area contributed by atoms with Crippen LogP contribution in [-0.4, -0.2) is 44.6 Å². The summed E-state index contributed by atoms with van der Waals surface area (Å²) >= 11 is 0. The van der Waals surface area contributed by atoms with E-state index >= 15 is 0 Å². The fraction of sp³-hybridized carbons (Fsp3) is 1.00. The first-order valence-corrected chi connectivity index (χ1v) is 8.24. The monoisotopic (exact) mass is 281 g/mol. The van der Waals surface area contributed by atoms with Gasteiger partial charge in [-0.25, -0.2) is 13.1 Å². The van der Waals surface area contributed by atoms with Crippen molar-refractivity contribution in [1.29, 1.82) is 0 Å². The second kappa shape index (κ2) is 8.85. The molecule has 0 aliphatic rings. The Bertz CT molecular complexity index is 299. The van der Waals surface area contributed by atoms with Crippen LogP contribution in [0.2, 0.25) is 0 Å². The van der Waals surface area contributed by atoms with Gasteiger partial charge >= 0.3 is 0 Å². The maximum atomic E-state index is 11.6. The molecule has 110 valence electrons. The quantitative estimate of drug-likeness (QED) is 0.629. The number of hydrogen-bond acceptors (Lipinski definition) is 4. The highest BCUT2D eigenvalue weighted by molar-refractivity contribution is 7.89. The third-order valence-electron chi connectivity index (χ3n) is 2.91. The molecular weight excluding hydrogens is 254 g/mol. The Morgan fingerprint density at radius 3 is 2.22 bits per heavy atom. The van der Waals surface area contributed by atoms with E-state index in [4.69, 9.17) is 4.74 Å². The molecule has 0 aromatic heterocycles. The number of rotatable bonds is 10. The van der Waals surface area contributed by atoms with E-state index in [-0.39, 0.29) is 30.9 Å². The second-order valence-corrected chi connectivity index (χ2v) is 6.66. The summed E-state index contributed by atoms with van der Waals surface area (Å²) < 4.78 is 30.8. The van der Waals surface area contributed by atoms with Crippen LogP contribution in [0.1, 0.15) is 40.5 Å². The van der Waals surface area contributed by atoms with Gasteiger partial charge in [-0.3, -0.25) is 0 Å². The van der Waals surface area contributed by atoms with Gasteiger partial charge in [0, 0.05) is 6.54 Å². The zero-order valence-corrected chi connectivity index (χ0v) is 12.7. The first kappa shape index (κ1) is 17.8. The van der Waals surface area contributed by atoms with E-state index in [0.717, 1.165) is 12.8 Å². The highest BCUT2D eigenvalue weighted by atomic mass is 32.2. The highest BCUT2D eigenvalue weighted by Gasteiger charge is 2.18. The molecule has 0 fully saturated rings. The number of nitrogens with one attached hydrogen (secondary N) is 1. The van der Waals surface area contributed by atoms with Crippen molar-refractivity contribution in [2.75, 3.05) is 18.9 Å². The lowest BCUT2D eigenvalue weighted by Crippen LogP contribution is -2.38. The minimum atomic E-state index is -3.36. The zero-order valence-electron chi connectivity index (χ0n) is 11.8. The summed E-state index contributed by atoms with van der Waals surface area (Å²) in [5, 5.41) is 9.83. The molecule has 0 amide bonds. The van der Waals surface area contributed by atoms with Gasteiger partial charge in [0.2, 0.25) is 10.0 Å². The van der Waals surface area contributed by atoms with Gasteiger partial charge in [0.25, 0.3) is 0 Å². The minimum absolute atomic E-state index is 0.0235. The van der Waals surface area contributed by atoms with Crippen molar-refractivity contribution < 1.29 is 18.3 Å². The van der Waals surface area contributed by atoms with Crippen molar-refractivity contribution >= 4 is 10.0 Å². The fourth-order valence-electron chi connectivity index (χ4n) is 1.68. The Hall–Kier alpha value is -0.170. The Balaban J connectivity index is 4.02. The molecule has 0 saturated heterocycles. The molecule has 0 rings (SSSR count). The molecule has 6 heteroatoms. The van der Waals surface area contributed by atoms with E-state index < -0.39 is 16.1 Å². The Kier molecular flexibility index (Phi) is 8.77. The summed E-state index contributed by atoms with van der Waals surface area (Å²) in [6, 6.07) is 0. The van der Waals surface area contributed by atoms with Crippen LogP contribution < -0.4 is 4.72 Å². The van der Waals surface area contributed by atoms with Gasteiger partial charge < -0.3 is 9.84 Å². The fourth-order valence-corrected chi connectivity index (χ4v) is 2.56. The summed E-state index contributed by atoms with van der Waals surface area (Å²) in [7, 11) is -3.36. The lowest BCUT2D eigenvalue weighted by molar-refractivity contribution is 0.0906. The van der Waals surface area contributed by atoms with Crippen molar-refractivity contribution in [1.82, 2.24) is 4.72 Å². The molecule has 0 aliphatic carbocycles. The molecule has 0 aromatic carbocycles. The number of aliphatic hydroxyl groups is 1. The molecule has 0 aliphatic heterocycles. The Labute approximate surface area is 111 Å². The van der Waals surface area contributed by atoms with Gasteiger partial charge in [0.1, 0.15) is 0 Å². The summed E-state index contributed by atoms with van der Waals surface area (Å²) in [5.74, 6) is 0.0699. The van der Waals surface area contributed by atoms with Crippen molar-refractivity contribution in [3.8, 4) is 0 Å². The average molecular weight is 281 g/mol. The summed E-state index contributed by atoms with van der Waals surface area (Å²) in [6.45, 7) is 7.95. The summed E-state index contributed by atoms with van der Waals surface area (Å²) in [4.78, 5) is 0. The topological polar surface area (TPSA) is 75.6 Å². The third kappa shape index (κ3) is 8.02. The molecule has 18 heavy (non-hydrogen) atoms. The lowest BCUT2D eigenvalue weighted by atomic mass is 9.97. The van der Waals surface area contributed by atoms with Crippen molar-refractivity contribution in [2.45, 2.75) is 52.7 Å². The lowest BCUT2D eigenvalue weighted by Gasteiger charge is -2.20. The minimum Gasteiger partial charge on any atom is -0.391 e. The van der Waals surface area contributed by atoms with E-state index in [9.17, 15) is 13.5 Å². The third-order valence-corrected chi connectivity index (χ3v) is 4.22. The van der Waals surface area contributed by atoms with Crippen LogP contribution in [0.3, 0.4) is 0 Å². The molecule has 1 unspecified atom stereocenters. The van der Waals surface area contributed by atoms with Crippen LogP contribution in [0.15, 0.2) is 0 Å². The van der Waals surface area contributed by atoms with Gasteiger partial charge in [-0.05, 0) is 19.8 Å². The van der Waals surface area contributed by atoms with Crippen molar-refractivity contribution in [3.05, 3.63) is 0 Å². The van der Waals surface area contributed by atoms with Crippen LogP contribution in [0.4, 0.5) is 0 Å². The van der Waals surface area contributed by atoms with E-state index in [0.29, 0.717) is 0 Å². The summed E-state index contributed by atoms with van der Waals surface area (Å²) in [6.07, 6.45) is 1.09. The number of hydrogen-bond donors (Lipinski definition) is 2. The first-order valence-electron chi connectivity index (χ1n) is 6.59. The van der Waals surface area contributed by atoms with Crippen LogP contribution in [0.25, 0.3) is 0 Å². The van der Waals surface area contributed by atoms with Crippen LogP contribution in [0, 0.1) is 5.92 Å². The molecule has 0 saturated carbocycles. The standard InChI is InChI=1S/C12H27NO4S/c1-5-11(6-2)12(14)9-13-18(15,16)8-7-17-10(3)4/h10-14H,5-9H2,1-4H3. The number of sulfonamides is 1. The zero-order chi connectivity index (χ0) is 14.2. The SMILES string of the molecule is CCC(CC)C(O)CNS(=O)(=O)CCOC(C)C. The predicted octanol–water partition coefficient (Wildman–Crippen LogP) is 1.13. The molecule has 0 heterocycles. The molecule has 1 atom stereocenters. The maximum Gasteiger partial charge on any atom is 0.213 e. The van der Waals surface area contributed by atoms with Gasteiger partial charge in [0.15, 0.2) is 0 Å². The van der Waals surface area contributed by atoms with E-state index in [1.54, 1.807) is 0 Å². The molecule has 5 nitrogen and oxygen atoms in total. The van der Waals surface area contributed by atoms with Crippen molar-refractivity contribution in [3.63, 3.8) is 0 Å². The Morgan fingerprint density at radius 2 is 1.78 bits per heavy atom. The largest absolute Gasteiger partial charge is 0.391 e. The molecular formula is C12H27NO4S. The molecule has 0 spiro atoms. The van der Waals surface area contributed by atoms with E-state index in [1.807, 2.05) is 27.7 Å². The molecule has 0 radical (unpaired) electrons. The van der Waals surface area contributed by atoms with Crippen LogP contribution in [0.5, 0.6) is 0 Å². The van der Waals surface area contributed by atoms with E-state index in [1.165, 1.54) is 0 Å². The first-order chi connectivity index (χ1) is 8.32. The number of aliphatic hydroxyl groups excluding tert-OH is 1. The van der Waals surface area contributed by atoms with Gasteiger partial charge in [-0.15, -0.1) is 0 Å². The average Bonchev–Trinajstić information content (AvgIpc) is 2.27. The molecule has 0 aromatic rings. The molecule has 2 N–H and O–H groups in total. The summed E-state index contributed by atoms with van der Waals surface area (Å²) in [5.41, 5.74) is 0. The van der Waals surface area contributed by atoms with Crippen molar-refractivity contribution in [2.24, 2.45) is 5.92 Å². The van der Waals surface area contributed by atoms with Gasteiger partial charge in [0.05, 0.1) is 24.6 Å². The Morgan fingerprint density at radius 1 is 1.22 bits per heavy atom. The van der Waals surface area contributed by atoms with E-state index in [2.05, 4.69) is 4.72 Å². The number of ether oxygens (including phenoxy) is 1. The maximum absolute atomic E-state index is 11.6. The van der Waals surface area contributed by atoms with Gasteiger partial charge in [-0.1, -0.05) is 26.7 Å². The predicted molar refractivity (Wildman–Crippen MR) is 73.0 cm³/mol. The smallest absolute Gasteiger partial charge is 0.213 e. The highest BCUT2D eigenvalue weighted by Crippen LogP contribution is 2.12.